The minimum atomic E-state index is -0.212. The summed E-state index contributed by atoms with van der Waals surface area (Å²) < 4.78 is 4.96. The summed E-state index contributed by atoms with van der Waals surface area (Å²) in [6.45, 7) is 7.18. The Morgan fingerprint density at radius 3 is 2.80 bits per heavy atom. The smallest absolute Gasteiger partial charge is 0.289 e. The van der Waals surface area contributed by atoms with E-state index in [4.69, 9.17) is 4.42 Å². The number of amides is 1. The number of hydrogen-bond donors (Lipinski definition) is 2. The highest BCUT2D eigenvalue weighted by atomic mass is 16.3. The van der Waals surface area contributed by atoms with Gasteiger partial charge in [0.1, 0.15) is 0 Å². The molecule has 1 heterocycles. The van der Waals surface area contributed by atoms with Gasteiger partial charge in [0.05, 0.1) is 5.69 Å². The molecule has 0 aliphatic rings. The predicted molar refractivity (Wildman–Crippen MR) is 56.7 cm³/mol. The number of carbonyl (C=O) groups is 1. The third-order valence-electron chi connectivity index (χ3n) is 1.91. The molecule has 1 rings (SSSR count). The van der Waals surface area contributed by atoms with Crippen molar-refractivity contribution >= 4 is 5.91 Å². The zero-order chi connectivity index (χ0) is 11.3. The van der Waals surface area contributed by atoms with Gasteiger partial charge in [0.15, 0.2) is 6.39 Å². The summed E-state index contributed by atoms with van der Waals surface area (Å²) in [5.74, 6) is 0.0788. The number of nitrogens with zero attached hydrogens (tertiary/aromatic N) is 1. The van der Waals surface area contributed by atoms with Gasteiger partial charge >= 0.3 is 0 Å². The summed E-state index contributed by atoms with van der Waals surface area (Å²) in [6, 6.07) is 0.425. The van der Waals surface area contributed by atoms with Crippen LogP contribution in [0.3, 0.4) is 0 Å². The number of oxazole rings is 1. The molecule has 0 spiro atoms. The molecule has 1 aromatic heterocycles. The number of hydrogen-bond acceptors (Lipinski definition) is 4. The Labute approximate surface area is 89.3 Å². The molecule has 1 aromatic rings. The molecule has 0 saturated heterocycles. The largest absolute Gasteiger partial charge is 0.438 e. The zero-order valence-electron chi connectivity index (χ0n) is 9.33. The second-order valence-electron chi connectivity index (χ2n) is 3.63. The van der Waals surface area contributed by atoms with Gasteiger partial charge in [-0.2, -0.15) is 0 Å². The van der Waals surface area contributed by atoms with E-state index in [0.29, 0.717) is 24.0 Å². The van der Waals surface area contributed by atoms with Crippen LogP contribution in [0.2, 0.25) is 0 Å². The molecule has 5 nitrogen and oxygen atoms in total. The lowest BCUT2D eigenvalue weighted by Crippen LogP contribution is -2.34. The summed E-state index contributed by atoms with van der Waals surface area (Å²) in [5.41, 5.74) is 0.615. The normalized spacial score (nSPS) is 10.7. The quantitative estimate of drug-likeness (QED) is 0.704. The molecule has 0 bridgehead atoms. The van der Waals surface area contributed by atoms with Gasteiger partial charge in [-0.05, 0) is 6.92 Å². The van der Waals surface area contributed by atoms with Gasteiger partial charge in [0.25, 0.3) is 5.91 Å². The fourth-order valence-electron chi connectivity index (χ4n) is 1.14. The van der Waals surface area contributed by atoms with Crippen LogP contribution in [0.15, 0.2) is 10.8 Å². The van der Waals surface area contributed by atoms with Crippen molar-refractivity contribution in [2.24, 2.45) is 0 Å². The molecule has 84 valence electrons. The van der Waals surface area contributed by atoms with Crippen molar-refractivity contribution in [2.45, 2.75) is 26.8 Å². The van der Waals surface area contributed by atoms with E-state index in [1.54, 1.807) is 6.92 Å². The first kappa shape index (κ1) is 11.7. The molecule has 0 fully saturated rings. The summed E-state index contributed by atoms with van der Waals surface area (Å²) >= 11 is 0. The van der Waals surface area contributed by atoms with E-state index in [9.17, 15) is 4.79 Å². The molecule has 0 aromatic carbocycles. The summed E-state index contributed by atoms with van der Waals surface area (Å²) in [4.78, 5) is 15.3. The highest BCUT2D eigenvalue weighted by Gasteiger charge is 2.12. The van der Waals surface area contributed by atoms with E-state index in [-0.39, 0.29) is 5.91 Å². The number of nitrogens with one attached hydrogen (secondary N) is 2. The lowest BCUT2D eigenvalue weighted by atomic mass is 10.3. The van der Waals surface area contributed by atoms with Crippen molar-refractivity contribution in [3.05, 3.63) is 17.8 Å². The molecule has 0 atom stereocenters. The molecule has 0 aliphatic heterocycles. The van der Waals surface area contributed by atoms with E-state index in [0.717, 1.165) is 6.54 Å². The predicted octanol–water partition coefficient (Wildman–Crippen LogP) is 0.711. The Balaban J connectivity index is 2.28. The van der Waals surface area contributed by atoms with Crippen LogP contribution in [0.4, 0.5) is 0 Å². The SMILES string of the molecule is Cc1ncoc1C(=O)NCCNC(C)C. The van der Waals surface area contributed by atoms with Gasteiger partial charge in [-0.3, -0.25) is 4.79 Å². The summed E-state index contributed by atoms with van der Waals surface area (Å²) in [5, 5.41) is 5.95. The van der Waals surface area contributed by atoms with Crippen molar-refractivity contribution in [3.8, 4) is 0 Å². The van der Waals surface area contributed by atoms with Crippen LogP contribution in [0, 0.1) is 6.92 Å². The molecule has 0 aliphatic carbocycles. The maximum absolute atomic E-state index is 11.5. The first-order chi connectivity index (χ1) is 7.11. The monoisotopic (exact) mass is 211 g/mol. The second kappa shape index (κ2) is 5.50. The molecule has 0 unspecified atom stereocenters. The first-order valence-electron chi connectivity index (χ1n) is 5.03. The van der Waals surface area contributed by atoms with E-state index in [1.807, 2.05) is 0 Å². The fourth-order valence-corrected chi connectivity index (χ4v) is 1.14. The number of aryl methyl sites for hydroxylation is 1. The third-order valence-corrected chi connectivity index (χ3v) is 1.91. The fraction of sp³-hybridized carbons (Fsp3) is 0.600. The van der Waals surface area contributed by atoms with Gasteiger partial charge in [0, 0.05) is 19.1 Å². The summed E-state index contributed by atoms with van der Waals surface area (Å²) in [7, 11) is 0. The van der Waals surface area contributed by atoms with Crippen LogP contribution in [-0.4, -0.2) is 30.0 Å². The van der Waals surface area contributed by atoms with E-state index in [2.05, 4.69) is 29.5 Å². The topological polar surface area (TPSA) is 67.2 Å². The molecular weight excluding hydrogens is 194 g/mol. The minimum Gasteiger partial charge on any atom is -0.438 e. The van der Waals surface area contributed by atoms with Crippen molar-refractivity contribution in [1.29, 1.82) is 0 Å². The van der Waals surface area contributed by atoms with Crippen LogP contribution in [-0.2, 0) is 0 Å². The Morgan fingerprint density at radius 1 is 1.53 bits per heavy atom. The van der Waals surface area contributed by atoms with Gasteiger partial charge in [-0.1, -0.05) is 13.8 Å². The van der Waals surface area contributed by atoms with Crippen LogP contribution >= 0.6 is 0 Å². The van der Waals surface area contributed by atoms with E-state index in [1.165, 1.54) is 6.39 Å². The van der Waals surface area contributed by atoms with Gasteiger partial charge in [0.2, 0.25) is 5.76 Å². The Hall–Kier alpha value is -1.36. The van der Waals surface area contributed by atoms with Gasteiger partial charge < -0.3 is 15.1 Å². The maximum atomic E-state index is 11.5. The van der Waals surface area contributed by atoms with Crippen LogP contribution in [0.1, 0.15) is 30.1 Å². The number of aromatic nitrogens is 1. The molecule has 2 N–H and O–H groups in total. The van der Waals surface area contributed by atoms with Crippen LogP contribution in [0.25, 0.3) is 0 Å². The van der Waals surface area contributed by atoms with Crippen LogP contribution in [0.5, 0.6) is 0 Å². The molecule has 5 heteroatoms. The van der Waals surface area contributed by atoms with Crippen molar-refractivity contribution < 1.29 is 9.21 Å². The van der Waals surface area contributed by atoms with E-state index >= 15 is 0 Å². The van der Waals surface area contributed by atoms with Crippen LogP contribution < -0.4 is 10.6 Å². The Morgan fingerprint density at radius 2 is 2.27 bits per heavy atom. The zero-order valence-corrected chi connectivity index (χ0v) is 9.33. The van der Waals surface area contributed by atoms with E-state index < -0.39 is 0 Å². The molecule has 0 saturated carbocycles. The molecule has 15 heavy (non-hydrogen) atoms. The highest BCUT2D eigenvalue weighted by Crippen LogP contribution is 2.03. The number of rotatable bonds is 5. The van der Waals surface area contributed by atoms with Crippen molar-refractivity contribution in [3.63, 3.8) is 0 Å². The Kier molecular flexibility index (Phi) is 4.30. The average Bonchev–Trinajstić information content (AvgIpc) is 2.58. The lowest BCUT2D eigenvalue weighted by Gasteiger charge is -2.08. The average molecular weight is 211 g/mol. The van der Waals surface area contributed by atoms with Crippen molar-refractivity contribution in [2.75, 3.05) is 13.1 Å². The number of carbonyl (C=O) groups excluding carboxylic acids is 1. The van der Waals surface area contributed by atoms with Gasteiger partial charge in [-0.15, -0.1) is 0 Å². The van der Waals surface area contributed by atoms with Crippen molar-refractivity contribution in [1.82, 2.24) is 15.6 Å². The third kappa shape index (κ3) is 3.71. The molecule has 0 radical (unpaired) electrons. The lowest BCUT2D eigenvalue weighted by molar-refractivity contribution is 0.0925. The highest BCUT2D eigenvalue weighted by molar-refractivity contribution is 5.92. The maximum Gasteiger partial charge on any atom is 0.289 e. The molecular formula is C10H17N3O2. The Bertz CT molecular complexity index is 320. The molecule has 1 amide bonds. The summed E-state index contributed by atoms with van der Waals surface area (Å²) in [6.07, 6.45) is 1.27. The minimum absolute atomic E-state index is 0.212. The first-order valence-corrected chi connectivity index (χ1v) is 5.03. The van der Waals surface area contributed by atoms with Gasteiger partial charge in [-0.25, -0.2) is 4.98 Å². The standard InChI is InChI=1S/C10H17N3O2/c1-7(2)11-4-5-12-10(14)9-8(3)13-6-15-9/h6-7,11H,4-5H2,1-3H3,(H,12,14). The second-order valence-corrected chi connectivity index (χ2v) is 3.63.